The zero-order valence-corrected chi connectivity index (χ0v) is 15.3. The molecule has 1 atom stereocenters. The maximum Gasteiger partial charge on any atom is 0.256 e. The van der Waals surface area contributed by atoms with Gasteiger partial charge in [0.05, 0.1) is 10.7 Å². The summed E-state index contributed by atoms with van der Waals surface area (Å²) >= 11 is 12.6. The molecule has 5 heteroatoms. The Labute approximate surface area is 162 Å². The average molecular weight is 383 g/mol. The third-order valence-electron chi connectivity index (χ3n) is 4.52. The zero-order chi connectivity index (χ0) is 18.1. The monoisotopic (exact) mass is 382 g/mol. The van der Waals surface area contributed by atoms with Gasteiger partial charge in [0.2, 0.25) is 0 Å². The van der Waals surface area contributed by atoms with E-state index >= 15 is 0 Å². The summed E-state index contributed by atoms with van der Waals surface area (Å²) in [4.78, 5) is 14.8. The number of rotatable bonds is 4. The van der Waals surface area contributed by atoms with Crippen molar-refractivity contribution >= 4 is 34.8 Å². The van der Waals surface area contributed by atoms with Crippen molar-refractivity contribution in [1.29, 1.82) is 0 Å². The molecule has 1 N–H and O–H groups in total. The number of halogens is 2. The molecule has 130 valence electrons. The molecule has 26 heavy (non-hydrogen) atoms. The Morgan fingerprint density at radius 1 is 0.846 bits per heavy atom. The number of para-hydroxylation sites is 1. The molecule has 0 aromatic heterocycles. The smallest absolute Gasteiger partial charge is 0.256 e. The third kappa shape index (κ3) is 3.05. The summed E-state index contributed by atoms with van der Waals surface area (Å²) in [6.45, 7) is 0.412. The predicted molar refractivity (Wildman–Crippen MR) is 106 cm³/mol. The van der Waals surface area contributed by atoms with E-state index in [0.29, 0.717) is 22.2 Å². The van der Waals surface area contributed by atoms with Gasteiger partial charge >= 0.3 is 0 Å². The number of fused-ring (bicyclic) bond motifs is 1. The Morgan fingerprint density at radius 3 is 2.27 bits per heavy atom. The molecule has 3 aromatic carbocycles. The third-order valence-corrected chi connectivity index (χ3v) is 5.22. The first-order chi connectivity index (χ1) is 12.6. The minimum atomic E-state index is -0.310. The van der Waals surface area contributed by atoms with Gasteiger partial charge in [-0.05, 0) is 29.8 Å². The van der Waals surface area contributed by atoms with Crippen molar-refractivity contribution in [2.24, 2.45) is 0 Å². The molecular weight excluding hydrogens is 367 g/mol. The fourth-order valence-corrected chi connectivity index (χ4v) is 3.61. The molecule has 1 amide bonds. The first kappa shape index (κ1) is 17.0. The second-order valence-corrected chi connectivity index (χ2v) is 6.95. The number of anilines is 1. The van der Waals surface area contributed by atoms with Crippen LogP contribution in [-0.4, -0.2) is 10.8 Å². The van der Waals surface area contributed by atoms with Gasteiger partial charge in [-0.25, -0.2) is 0 Å². The van der Waals surface area contributed by atoms with Crippen LogP contribution < -0.4 is 5.32 Å². The minimum Gasteiger partial charge on any atom is -0.360 e. The maximum absolute atomic E-state index is 13.0. The van der Waals surface area contributed by atoms with Crippen molar-refractivity contribution in [2.45, 2.75) is 12.7 Å². The number of hydrogen-bond acceptors (Lipinski definition) is 2. The highest BCUT2D eigenvalue weighted by Crippen LogP contribution is 2.37. The first-order valence-corrected chi connectivity index (χ1v) is 9.05. The normalized spacial score (nSPS) is 15.8. The lowest BCUT2D eigenvalue weighted by Crippen LogP contribution is -2.32. The van der Waals surface area contributed by atoms with E-state index in [9.17, 15) is 4.79 Å². The van der Waals surface area contributed by atoms with Gasteiger partial charge in [0.1, 0.15) is 6.17 Å². The van der Waals surface area contributed by atoms with E-state index in [1.807, 2.05) is 72.8 Å². The molecule has 1 aliphatic rings. The van der Waals surface area contributed by atoms with Gasteiger partial charge in [-0.3, -0.25) is 4.79 Å². The van der Waals surface area contributed by atoms with Crippen LogP contribution in [0.5, 0.6) is 0 Å². The van der Waals surface area contributed by atoms with Crippen molar-refractivity contribution in [1.82, 2.24) is 4.90 Å². The van der Waals surface area contributed by atoms with Crippen molar-refractivity contribution in [2.75, 3.05) is 5.32 Å². The number of nitrogens with zero attached hydrogens (tertiary/aromatic N) is 1. The fourth-order valence-electron chi connectivity index (χ4n) is 3.22. The molecule has 0 radical (unpaired) electrons. The second kappa shape index (κ2) is 7.02. The summed E-state index contributed by atoms with van der Waals surface area (Å²) in [6.07, 6.45) is -0.310. The molecule has 1 aliphatic heterocycles. The van der Waals surface area contributed by atoms with Gasteiger partial charge in [-0.1, -0.05) is 71.7 Å². The molecule has 3 nitrogen and oxygen atoms in total. The minimum absolute atomic E-state index is 0.0231. The molecule has 0 unspecified atom stereocenters. The van der Waals surface area contributed by atoms with Crippen LogP contribution in [-0.2, 0) is 6.54 Å². The van der Waals surface area contributed by atoms with Gasteiger partial charge < -0.3 is 10.2 Å². The Balaban J connectivity index is 1.73. The van der Waals surface area contributed by atoms with Crippen LogP contribution >= 0.6 is 23.2 Å². The van der Waals surface area contributed by atoms with E-state index in [1.54, 1.807) is 4.90 Å². The van der Waals surface area contributed by atoms with E-state index in [-0.39, 0.29) is 12.1 Å². The van der Waals surface area contributed by atoms with Crippen LogP contribution in [0.3, 0.4) is 0 Å². The van der Waals surface area contributed by atoms with Crippen LogP contribution in [0.15, 0.2) is 72.8 Å². The van der Waals surface area contributed by atoms with E-state index in [4.69, 9.17) is 23.2 Å². The fraction of sp³-hybridized carbons (Fsp3) is 0.0952. The summed E-state index contributed by atoms with van der Waals surface area (Å²) in [6, 6.07) is 22.7. The van der Waals surface area contributed by atoms with E-state index in [2.05, 4.69) is 5.32 Å². The summed E-state index contributed by atoms with van der Waals surface area (Å²) in [5, 5.41) is 4.67. The highest BCUT2D eigenvalue weighted by atomic mass is 35.5. The molecule has 0 fully saturated rings. The van der Waals surface area contributed by atoms with Crippen molar-refractivity contribution in [3.8, 4) is 0 Å². The van der Waals surface area contributed by atoms with Crippen LogP contribution in [0.4, 0.5) is 5.69 Å². The molecule has 3 aromatic rings. The molecular formula is C21H16Cl2N2O. The lowest BCUT2D eigenvalue weighted by molar-refractivity contribution is 0.0729. The molecule has 1 heterocycles. The van der Waals surface area contributed by atoms with E-state index in [1.165, 1.54) is 0 Å². The van der Waals surface area contributed by atoms with Crippen molar-refractivity contribution in [3.05, 3.63) is 99.5 Å². The average Bonchev–Trinajstić information content (AvgIpc) is 2.91. The predicted octanol–water partition coefficient (Wildman–Crippen LogP) is 5.76. The maximum atomic E-state index is 13.0. The first-order valence-electron chi connectivity index (χ1n) is 8.29. The van der Waals surface area contributed by atoms with Crippen LogP contribution in [0, 0.1) is 0 Å². The molecule has 0 spiro atoms. The van der Waals surface area contributed by atoms with Gasteiger partial charge in [0.15, 0.2) is 0 Å². The lowest BCUT2D eigenvalue weighted by Gasteiger charge is -2.28. The summed E-state index contributed by atoms with van der Waals surface area (Å²) in [5.41, 5.74) is 3.32. The standard InChI is InChI=1S/C21H16Cl2N2O/c22-17-10-4-1-7-14(17)13-25-20(24-19-12-6-5-11-18(19)23)15-8-2-3-9-16(15)21(25)26/h1-12,20,24H,13H2/t20-/m0/s1. The summed E-state index contributed by atoms with van der Waals surface area (Å²) in [7, 11) is 0. The molecule has 4 rings (SSSR count). The Morgan fingerprint density at radius 2 is 1.50 bits per heavy atom. The molecule has 0 saturated heterocycles. The highest BCUT2D eigenvalue weighted by molar-refractivity contribution is 6.33. The number of amides is 1. The Kier molecular flexibility index (Phi) is 4.58. The second-order valence-electron chi connectivity index (χ2n) is 6.14. The lowest BCUT2D eigenvalue weighted by atomic mass is 10.1. The van der Waals surface area contributed by atoms with Gasteiger partial charge in [-0.2, -0.15) is 0 Å². The number of carbonyl (C=O) groups is 1. The van der Waals surface area contributed by atoms with Gasteiger partial charge in [0.25, 0.3) is 5.91 Å². The number of benzene rings is 3. The highest BCUT2D eigenvalue weighted by Gasteiger charge is 2.36. The molecule has 0 saturated carbocycles. The van der Waals surface area contributed by atoms with Crippen LogP contribution in [0.25, 0.3) is 0 Å². The van der Waals surface area contributed by atoms with E-state index in [0.717, 1.165) is 16.8 Å². The molecule has 0 aliphatic carbocycles. The molecule has 0 bridgehead atoms. The quantitative estimate of drug-likeness (QED) is 0.621. The van der Waals surface area contributed by atoms with E-state index < -0.39 is 0 Å². The largest absolute Gasteiger partial charge is 0.360 e. The van der Waals surface area contributed by atoms with Gasteiger partial charge in [0, 0.05) is 22.7 Å². The van der Waals surface area contributed by atoms with Crippen LogP contribution in [0.1, 0.15) is 27.7 Å². The van der Waals surface area contributed by atoms with Crippen molar-refractivity contribution in [3.63, 3.8) is 0 Å². The van der Waals surface area contributed by atoms with Crippen molar-refractivity contribution < 1.29 is 4.79 Å². The SMILES string of the molecule is O=C1c2ccccc2[C@@H](Nc2ccccc2Cl)N1Cc1ccccc1Cl. The zero-order valence-electron chi connectivity index (χ0n) is 13.8. The summed E-state index contributed by atoms with van der Waals surface area (Å²) in [5.74, 6) is -0.0231. The number of carbonyl (C=O) groups excluding carboxylic acids is 1. The number of hydrogen-bond donors (Lipinski definition) is 1. The Hall–Kier alpha value is -2.49. The van der Waals surface area contributed by atoms with Gasteiger partial charge in [-0.15, -0.1) is 0 Å². The van der Waals surface area contributed by atoms with Crippen LogP contribution in [0.2, 0.25) is 10.0 Å². The number of nitrogens with one attached hydrogen (secondary N) is 1. The Bertz CT molecular complexity index is 973. The topological polar surface area (TPSA) is 32.3 Å². The summed E-state index contributed by atoms with van der Waals surface area (Å²) < 4.78 is 0.